The van der Waals surface area contributed by atoms with Crippen molar-refractivity contribution in [2.45, 2.75) is 39.3 Å². The summed E-state index contributed by atoms with van der Waals surface area (Å²) >= 11 is 9.40. The summed E-state index contributed by atoms with van der Waals surface area (Å²) in [5.74, 6) is 0.755. The number of ether oxygens (including phenoxy) is 3. The summed E-state index contributed by atoms with van der Waals surface area (Å²) in [6, 6.07) is 18.8. The van der Waals surface area contributed by atoms with Gasteiger partial charge in [0, 0.05) is 19.2 Å². The second-order valence-corrected chi connectivity index (χ2v) is 14.2. The van der Waals surface area contributed by atoms with Crippen LogP contribution in [-0.4, -0.2) is 24.3 Å². The van der Waals surface area contributed by atoms with Gasteiger partial charge in [0.15, 0.2) is 4.80 Å². The third kappa shape index (κ3) is 7.00. The van der Waals surface area contributed by atoms with Crippen molar-refractivity contribution in [3.63, 3.8) is 0 Å². The number of benzene rings is 3. The normalized spacial score (nSPS) is 14.7. The van der Waals surface area contributed by atoms with Gasteiger partial charge in [-0.05, 0) is 100 Å². The zero-order valence-electron chi connectivity index (χ0n) is 24.2. The van der Waals surface area contributed by atoms with Crippen LogP contribution < -0.4 is 24.4 Å². The number of halogens is 3. The van der Waals surface area contributed by atoms with Crippen LogP contribution in [0.1, 0.15) is 49.4 Å². The maximum atomic E-state index is 14.3. The van der Waals surface area contributed by atoms with E-state index in [1.54, 1.807) is 18.6 Å². The molecule has 0 bridgehead atoms. The van der Waals surface area contributed by atoms with Gasteiger partial charge < -0.3 is 14.2 Å². The molecule has 2 heterocycles. The van der Waals surface area contributed by atoms with Gasteiger partial charge in [-0.15, -0.1) is 0 Å². The Labute approximate surface area is 295 Å². The number of fused-ring (bicyclic) bond motifs is 1. The fourth-order valence-corrected chi connectivity index (χ4v) is 8.48. The number of hydrogen-bond acceptors (Lipinski definition) is 7. The van der Waals surface area contributed by atoms with Crippen LogP contribution in [0.15, 0.2) is 86.2 Å². The quantitative estimate of drug-likeness (QED) is 0.125. The van der Waals surface area contributed by atoms with Crippen molar-refractivity contribution >= 4 is 84.5 Å². The molecule has 7 nitrogen and oxygen atoms in total. The summed E-state index contributed by atoms with van der Waals surface area (Å²) in [6.07, 6.45) is 3.18. The number of methoxy groups -OCH3 is 1. The van der Waals surface area contributed by atoms with E-state index in [1.807, 2.05) is 73.7 Å². The van der Waals surface area contributed by atoms with Crippen molar-refractivity contribution < 1.29 is 19.0 Å². The number of rotatable bonds is 10. The van der Waals surface area contributed by atoms with Crippen LogP contribution in [0, 0.1) is 7.14 Å². The fourth-order valence-electron chi connectivity index (χ4n) is 5.04. The topological polar surface area (TPSA) is 79.1 Å². The first-order chi connectivity index (χ1) is 21.2. The first-order valence-corrected chi connectivity index (χ1v) is 17.7. The molecule has 1 aromatic heterocycles. The molecular weight excluding hydrogens is 870 g/mol. The molecule has 0 fully saturated rings. The minimum atomic E-state index is -0.786. The van der Waals surface area contributed by atoms with E-state index in [4.69, 9.17) is 19.2 Å². The third-order valence-corrected chi connectivity index (χ3v) is 9.83. The van der Waals surface area contributed by atoms with Crippen molar-refractivity contribution in [1.29, 1.82) is 0 Å². The summed E-state index contributed by atoms with van der Waals surface area (Å²) in [4.78, 5) is 33.3. The summed E-state index contributed by atoms with van der Waals surface area (Å²) < 4.78 is 22.4. The van der Waals surface area contributed by atoms with Gasteiger partial charge in [-0.25, -0.2) is 9.79 Å². The van der Waals surface area contributed by atoms with Gasteiger partial charge in [-0.1, -0.05) is 70.9 Å². The van der Waals surface area contributed by atoms with Crippen LogP contribution >= 0.6 is 72.4 Å². The highest BCUT2D eigenvalue weighted by molar-refractivity contribution is 14.1. The van der Waals surface area contributed by atoms with Gasteiger partial charge in [0.2, 0.25) is 0 Å². The minimum Gasteiger partial charge on any atom is -0.496 e. The summed E-state index contributed by atoms with van der Waals surface area (Å²) in [5, 5.41) is 0. The van der Waals surface area contributed by atoms with Crippen molar-refractivity contribution in [1.82, 2.24) is 4.57 Å². The summed E-state index contributed by atoms with van der Waals surface area (Å²) in [5.41, 5.74) is 3.20. The molecule has 0 spiro atoms. The van der Waals surface area contributed by atoms with Gasteiger partial charge in [0.25, 0.3) is 5.56 Å². The van der Waals surface area contributed by atoms with E-state index in [9.17, 15) is 9.59 Å². The smallest absolute Gasteiger partial charge is 0.338 e. The lowest BCUT2D eigenvalue weighted by Crippen LogP contribution is -2.40. The molecule has 3 aromatic carbocycles. The average Bonchev–Trinajstić information content (AvgIpc) is 3.30. The first-order valence-electron chi connectivity index (χ1n) is 14.0. The molecule has 0 saturated carbocycles. The molecule has 0 N–H and O–H groups in total. The number of allylic oxidation sites excluding steroid dienone is 1. The van der Waals surface area contributed by atoms with Crippen LogP contribution in [0.5, 0.6) is 11.5 Å². The second-order valence-electron chi connectivity index (χ2n) is 9.88. The van der Waals surface area contributed by atoms with Crippen LogP contribution in [0.4, 0.5) is 0 Å². The van der Waals surface area contributed by atoms with Gasteiger partial charge in [0.05, 0.1) is 33.1 Å². The van der Waals surface area contributed by atoms with Gasteiger partial charge in [-0.3, -0.25) is 9.36 Å². The van der Waals surface area contributed by atoms with Crippen molar-refractivity contribution in [3.05, 3.63) is 120 Å². The minimum absolute atomic E-state index is 0.200. The number of esters is 1. The molecule has 0 radical (unpaired) electrons. The Kier molecular flexibility index (Phi) is 11.0. The molecule has 228 valence electrons. The number of nitrogens with zero attached hydrogens (tertiary/aromatic N) is 2. The number of carbonyl (C=O) groups is 1. The lowest BCUT2D eigenvalue weighted by molar-refractivity contribution is -0.139. The monoisotopic (exact) mass is 898 g/mol. The number of thiazole rings is 1. The lowest BCUT2D eigenvalue weighted by atomic mass is 9.93. The zero-order valence-corrected chi connectivity index (χ0v) is 31.0. The predicted octanol–water partition coefficient (Wildman–Crippen LogP) is 7.14. The first kappa shape index (κ1) is 32.9. The Morgan fingerprint density at radius 3 is 2.59 bits per heavy atom. The Bertz CT molecular complexity index is 1920. The third-order valence-electron chi connectivity index (χ3n) is 6.93. The predicted molar refractivity (Wildman–Crippen MR) is 193 cm³/mol. The van der Waals surface area contributed by atoms with Crippen LogP contribution in [0.25, 0.3) is 6.08 Å². The van der Waals surface area contributed by atoms with E-state index >= 15 is 0 Å². The zero-order chi connectivity index (χ0) is 31.4. The molecule has 11 heteroatoms. The fraction of sp³-hybridized carbons (Fsp3) is 0.242. The van der Waals surface area contributed by atoms with E-state index in [0.717, 1.165) is 29.2 Å². The summed E-state index contributed by atoms with van der Waals surface area (Å²) in [6.45, 7) is 4.39. The van der Waals surface area contributed by atoms with Crippen molar-refractivity contribution in [3.8, 4) is 11.5 Å². The highest BCUT2D eigenvalue weighted by atomic mass is 127. The molecule has 5 rings (SSSR count). The molecule has 0 saturated heterocycles. The molecule has 0 amide bonds. The molecular formula is C33H29BrI2N2O5S. The Balaban J connectivity index is 1.73. The van der Waals surface area contributed by atoms with E-state index in [-0.39, 0.29) is 12.2 Å². The molecule has 0 unspecified atom stereocenters. The van der Waals surface area contributed by atoms with E-state index < -0.39 is 12.0 Å². The maximum Gasteiger partial charge on any atom is 0.338 e. The standard InChI is InChI=1S/C33H29BrI2N2O5S/c1-4-9-25-28(32(40)42-5-2)29(23-16-21(34)12-13-26(23)41-3)38-31(39)27(44-33(38)37-25)15-20-14-22(35)17-24(36)30(20)43-18-19-10-7-6-8-11-19/h6-8,10-17,29H,4-5,9,18H2,1-3H3/b27-15+/t29-/m0/s1. The second kappa shape index (κ2) is 14.7. The molecule has 1 atom stereocenters. The maximum absolute atomic E-state index is 14.3. The Morgan fingerprint density at radius 1 is 1.11 bits per heavy atom. The largest absolute Gasteiger partial charge is 0.496 e. The van der Waals surface area contributed by atoms with Crippen LogP contribution in [-0.2, 0) is 16.1 Å². The van der Waals surface area contributed by atoms with E-state index in [2.05, 4.69) is 61.1 Å². The highest BCUT2D eigenvalue weighted by Crippen LogP contribution is 2.38. The SMILES string of the molecule is CCCC1=C(C(=O)OCC)[C@H](c2cc(Br)ccc2OC)n2c(s/c(=C/c3cc(I)cc(I)c3OCc3ccccc3)c2=O)=N1. The number of carbonyl (C=O) groups excluding carboxylic acids is 1. The highest BCUT2D eigenvalue weighted by Gasteiger charge is 2.36. The van der Waals surface area contributed by atoms with E-state index in [1.165, 1.54) is 11.3 Å². The van der Waals surface area contributed by atoms with Crippen molar-refractivity contribution in [2.24, 2.45) is 4.99 Å². The molecule has 0 aliphatic carbocycles. The molecule has 1 aliphatic heterocycles. The van der Waals surface area contributed by atoms with Gasteiger partial charge in [-0.2, -0.15) is 0 Å². The molecule has 44 heavy (non-hydrogen) atoms. The summed E-state index contributed by atoms with van der Waals surface area (Å²) in [7, 11) is 1.58. The van der Waals surface area contributed by atoms with Gasteiger partial charge >= 0.3 is 5.97 Å². The molecule has 1 aliphatic rings. The van der Waals surface area contributed by atoms with Crippen LogP contribution in [0.3, 0.4) is 0 Å². The molecule has 4 aromatic rings. The Morgan fingerprint density at radius 2 is 1.89 bits per heavy atom. The lowest BCUT2D eigenvalue weighted by Gasteiger charge is -2.27. The number of aromatic nitrogens is 1. The van der Waals surface area contributed by atoms with Crippen molar-refractivity contribution in [2.75, 3.05) is 13.7 Å². The Hall–Kier alpha value is -2.49. The van der Waals surface area contributed by atoms with Crippen LogP contribution in [0.2, 0.25) is 0 Å². The van der Waals surface area contributed by atoms with E-state index in [0.29, 0.717) is 50.7 Å². The number of hydrogen-bond donors (Lipinski definition) is 0. The van der Waals surface area contributed by atoms with Gasteiger partial charge in [0.1, 0.15) is 24.1 Å². The average molecular weight is 899 g/mol.